The highest BCUT2D eigenvalue weighted by molar-refractivity contribution is 5.70. The number of nitrogens with zero attached hydrogens (tertiary/aromatic N) is 2. The fraction of sp³-hybridized carbons (Fsp3) is 0.538. The molecule has 1 saturated heterocycles. The Kier molecular flexibility index (Phi) is 2.81. The lowest BCUT2D eigenvalue weighted by Crippen LogP contribution is -2.21. The van der Waals surface area contributed by atoms with E-state index in [1.165, 1.54) is 12.8 Å². The van der Waals surface area contributed by atoms with Crippen molar-refractivity contribution in [2.24, 2.45) is 0 Å². The molecule has 3 heterocycles. The molecule has 1 atom stereocenters. The molecule has 2 aromatic rings. The summed E-state index contributed by atoms with van der Waals surface area (Å²) < 4.78 is 5.72. The Morgan fingerprint density at radius 1 is 1.47 bits per heavy atom. The number of ether oxygens (including phenoxy) is 1. The monoisotopic (exact) mass is 231 g/mol. The van der Waals surface area contributed by atoms with Crippen molar-refractivity contribution in [3.63, 3.8) is 0 Å². The first-order chi connectivity index (χ1) is 8.31. The molecule has 1 aliphatic rings. The molecule has 0 saturated carbocycles. The van der Waals surface area contributed by atoms with Crippen LogP contribution in [0.2, 0.25) is 0 Å². The summed E-state index contributed by atoms with van der Waals surface area (Å²) in [4.78, 5) is 12.1. The number of nitrogens with one attached hydrogen (secondary N) is 1. The quantitative estimate of drug-likeness (QED) is 0.863. The van der Waals surface area contributed by atoms with Crippen LogP contribution in [0.1, 0.15) is 30.7 Å². The van der Waals surface area contributed by atoms with Crippen LogP contribution in [0.4, 0.5) is 0 Å². The van der Waals surface area contributed by atoms with E-state index in [0.29, 0.717) is 6.10 Å². The lowest BCUT2D eigenvalue weighted by atomic mass is 10.1. The first-order valence-corrected chi connectivity index (χ1v) is 6.24. The van der Waals surface area contributed by atoms with Gasteiger partial charge in [-0.1, -0.05) is 0 Å². The van der Waals surface area contributed by atoms with Crippen molar-refractivity contribution >= 4 is 11.2 Å². The summed E-state index contributed by atoms with van der Waals surface area (Å²) in [5, 5.41) is 0. The van der Waals surface area contributed by atoms with Gasteiger partial charge in [-0.25, -0.2) is 9.97 Å². The maximum absolute atomic E-state index is 5.72. The van der Waals surface area contributed by atoms with Crippen LogP contribution in [-0.4, -0.2) is 27.7 Å². The van der Waals surface area contributed by atoms with Crippen LogP contribution >= 0.6 is 0 Å². The largest absolute Gasteiger partial charge is 0.378 e. The van der Waals surface area contributed by atoms with Gasteiger partial charge < -0.3 is 9.72 Å². The fourth-order valence-electron chi connectivity index (χ4n) is 2.34. The lowest BCUT2D eigenvalue weighted by Gasteiger charge is -2.21. The number of rotatable bonds is 2. The molecule has 1 aliphatic heterocycles. The van der Waals surface area contributed by atoms with Crippen LogP contribution in [0, 0.1) is 6.92 Å². The second kappa shape index (κ2) is 4.45. The minimum absolute atomic E-state index is 0.324. The van der Waals surface area contributed by atoms with Gasteiger partial charge in [0.25, 0.3) is 0 Å². The highest BCUT2D eigenvalue weighted by Crippen LogP contribution is 2.17. The Balaban J connectivity index is 1.80. The predicted molar refractivity (Wildman–Crippen MR) is 65.9 cm³/mol. The van der Waals surface area contributed by atoms with Gasteiger partial charge in [-0.05, 0) is 37.8 Å². The number of aromatic nitrogens is 3. The highest BCUT2D eigenvalue weighted by Gasteiger charge is 2.16. The Morgan fingerprint density at radius 3 is 3.24 bits per heavy atom. The van der Waals surface area contributed by atoms with E-state index in [2.05, 4.69) is 21.0 Å². The second-order valence-electron chi connectivity index (χ2n) is 4.76. The smallest absolute Gasteiger partial charge is 0.177 e. The van der Waals surface area contributed by atoms with E-state index in [4.69, 9.17) is 4.74 Å². The van der Waals surface area contributed by atoms with Crippen LogP contribution in [0.15, 0.2) is 12.3 Å². The molecule has 1 unspecified atom stereocenters. The molecule has 3 rings (SSSR count). The topological polar surface area (TPSA) is 50.8 Å². The number of pyridine rings is 1. The van der Waals surface area contributed by atoms with Gasteiger partial charge in [0, 0.05) is 19.2 Å². The molecule has 4 nitrogen and oxygen atoms in total. The fourth-order valence-corrected chi connectivity index (χ4v) is 2.34. The summed E-state index contributed by atoms with van der Waals surface area (Å²) in [6.45, 7) is 2.93. The number of fused-ring (bicyclic) bond motifs is 1. The molecule has 0 amide bonds. The van der Waals surface area contributed by atoms with Crippen molar-refractivity contribution in [2.75, 3.05) is 6.61 Å². The average Bonchev–Trinajstić information content (AvgIpc) is 2.71. The standard InChI is InChI=1S/C13H17N3O/c1-9-6-11-13(14-8-9)16-12(15-11)7-10-4-2-3-5-17-10/h6,8,10H,2-5,7H2,1H3,(H,14,15,16). The van der Waals surface area contributed by atoms with Crippen molar-refractivity contribution in [1.82, 2.24) is 15.0 Å². The normalized spacial score (nSPS) is 20.9. The van der Waals surface area contributed by atoms with E-state index >= 15 is 0 Å². The Bertz CT molecular complexity index is 514. The van der Waals surface area contributed by atoms with Gasteiger partial charge in [-0.3, -0.25) is 0 Å². The Hall–Kier alpha value is -1.42. The number of hydrogen-bond donors (Lipinski definition) is 1. The third kappa shape index (κ3) is 2.31. The van der Waals surface area contributed by atoms with Crippen LogP contribution < -0.4 is 0 Å². The van der Waals surface area contributed by atoms with Crippen molar-refractivity contribution in [2.45, 2.75) is 38.7 Å². The van der Waals surface area contributed by atoms with Gasteiger partial charge in [0.1, 0.15) is 5.82 Å². The number of H-pyrrole nitrogens is 1. The number of aryl methyl sites for hydroxylation is 1. The van der Waals surface area contributed by atoms with Crippen molar-refractivity contribution in [3.8, 4) is 0 Å². The average molecular weight is 231 g/mol. The molecule has 90 valence electrons. The van der Waals surface area contributed by atoms with Crippen LogP contribution in [0.5, 0.6) is 0 Å². The minimum Gasteiger partial charge on any atom is -0.378 e. The van der Waals surface area contributed by atoms with Gasteiger partial charge in [-0.2, -0.15) is 0 Å². The van der Waals surface area contributed by atoms with Crippen molar-refractivity contribution in [1.29, 1.82) is 0 Å². The zero-order valence-electron chi connectivity index (χ0n) is 10.1. The molecule has 1 N–H and O–H groups in total. The maximum Gasteiger partial charge on any atom is 0.177 e. The van der Waals surface area contributed by atoms with Crippen LogP contribution in [0.3, 0.4) is 0 Å². The number of imidazole rings is 1. The maximum atomic E-state index is 5.72. The van der Waals surface area contributed by atoms with Crippen LogP contribution in [-0.2, 0) is 11.2 Å². The minimum atomic E-state index is 0.324. The Labute approximate surface area is 100 Å². The van der Waals surface area contributed by atoms with Crippen LogP contribution in [0.25, 0.3) is 11.2 Å². The molecular weight excluding hydrogens is 214 g/mol. The van der Waals surface area contributed by atoms with Gasteiger partial charge in [-0.15, -0.1) is 0 Å². The van der Waals surface area contributed by atoms with E-state index < -0.39 is 0 Å². The molecule has 0 aromatic carbocycles. The van der Waals surface area contributed by atoms with E-state index in [1.54, 1.807) is 0 Å². The second-order valence-corrected chi connectivity index (χ2v) is 4.76. The molecule has 4 heteroatoms. The van der Waals surface area contributed by atoms with Crippen molar-refractivity contribution < 1.29 is 4.74 Å². The molecule has 2 aromatic heterocycles. The first-order valence-electron chi connectivity index (χ1n) is 6.24. The first kappa shape index (κ1) is 10.7. The molecule has 0 bridgehead atoms. The highest BCUT2D eigenvalue weighted by atomic mass is 16.5. The Morgan fingerprint density at radius 2 is 2.41 bits per heavy atom. The molecule has 0 spiro atoms. The zero-order valence-corrected chi connectivity index (χ0v) is 10.1. The molecule has 0 aliphatic carbocycles. The van der Waals surface area contributed by atoms with E-state index in [0.717, 1.165) is 42.0 Å². The van der Waals surface area contributed by atoms with Gasteiger partial charge in [0.05, 0.1) is 11.6 Å². The van der Waals surface area contributed by atoms with Gasteiger partial charge in [0.15, 0.2) is 5.65 Å². The summed E-state index contributed by atoms with van der Waals surface area (Å²) in [6, 6.07) is 2.08. The van der Waals surface area contributed by atoms with E-state index in [9.17, 15) is 0 Å². The summed E-state index contributed by atoms with van der Waals surface area (Å²) >= 11 is 0. The van der Waals surface area contributed by atoms with E-state index in [-0.39, 0.29) is 0 Å². The molecule has 17 heavy (non-hydrogen) atoms. The summed E-state index contributed by atoms with van der Waals surface area (Å²) in [5.74, 6) is 0.991. The molecule has 0 radical (unpaired) electrons. The number of aromatic amines is 1. The molecule has 1 fully saturated rings. The third-order valence-corrected chi connectivity index (χ3v) is 3.22. The predicted octanol–water partition coefficient (Wildman–Crippen LogP) is 2.38. The van der Waals surface area contributed by atoms with E-state index in [1.807, 2.05) is 13.1 Å². The summed E-state index contributed by atoms with van der Waals surface area (Å²) in [6.07, 6.45) is 6.65. The lowest BCUT2D eigenvalue weighted by molar-refractivity contribution is 0.0158. The number of hydrogen-bond acceptors (Lipinski definition) is 3. The zero-order chi connectivity index (χ0) is 11.7. The SMILES string of the molecule is Cc1cnc2nc(CC3CCCCO3)[nH]c2c1. The summed E-state index contributed by atoms with van der Waals surface area (Å²) in [7, 11) is 0. The van der Waals surface area contributed by atoms with Crippen molar-refractivity contribution in [3.05, 3.63) is 23.7 Å². The summed E-state index contributed by atoms with van der Waals surface area (Å²) in [5.41, 5.74) is 2.99. The van der Waals surface area contributed by atoms with Gasteiger partial charge >= 0.3 is 0 Å². The van der Waals surface area contributed by atoms with Gasteiger partial charge in [0.2, 0.25) is 0 Å². The third-order valence-electron chi connectivity index (χ3n) is 3.22. The molecular formula is C13H17N3O.